The number of aryl methyl sites for hydroxylation is 1. The number of aromatic nitrogens is 3. The minimum atomic E-state index is -0.00629. The van der Waals surface area contributed by atoms with E-state index < -0.39 is 0 Å². The van der Waals surface area contributed by atoms with E-state index in [4.69, 9.17) is 0 Å². The van der Waals surface area contributed by atoms with E-state index in [0.29, 0.717) is 0 Å². The Kier molecular flexibility index (Phi) is 6.53. The van der Waals surface area contributed by atoms with Gasteiger partial charge in [0.1, 0.15) is 6.54 Å². The van der Waals surface area contributed by atoms with Gasteiger partial charge in [0, 0.05) is 18.1 Å². The summed E-state index contributed by atoms with van der Waals surface area (Å²) in [7, 11) is 0. The van der Waals surface area contributed by atoms with Gasteiger partial charge in [0.05, 0.1) is 11.7 Å². The van der Waals surface area contributed by atoms with Gasteiger partial charge in [0.2, 0.25) is 5.91 Å². The van der Waals surface area contributed by atoms with Gasteiger partial charge >= 0.3 is 0 Å². The number of nitrogens with one attached hydrogen (secondary N) is 1. The second-order valence-electron chi connectivity index (χ2n) is 6.21. The number of carbonyl (C=O) groups excluding carboxylic acids is 1. The molecule has 0 saturated carbocycles. The van der Waals surface area contributed by atoms with Gasteiger partial charge in [0.15, 0.2) is 0 Å². The average molecular weight is 328 g/mol. The van der Waals surface area contributed by atoms with E-state index in [1.807, 2.05) is 36.9 Å². The first-order valence-electron chi connectivity index (χ1n) is 8.78. The Morgan fingerprint density at radius 1 is 1.33 bits per heavy atom. The lowest BCUT2D eigenvalue weighted by Crippen LogP contribution is -2.32. The van der Waals surface area contributed by atoms with Crippen LogP contribution in [-0.2, 0) is 17.8 Å². The van der Waals surface area contributed by atoms with E-state index in [2.05, 4.69) is 29.2 Å². The molecule has 0 radical (unpaired) electrons. The summed E-state index contributed by atoms with van der Waals surface area (Å²) in [4.78, 5) is 16.7. The predicted octanol–water partition coefficient (Wildman–Crippen LogP) is 3.51. The highest BCUT2D eigenvalue weighted by molar-refractivity contribution is 5.76. The summed E-state index contributed by atoms with van der Waals surface area (Å²) < 4.78 is 1.81. The highest BCUT2D eigenvalue weighted by atomic mass is 16.2. The Bertz CT molecular complexity index is 664. The van der Waals surface area contributed by atoms with Gasteiger partial charge < -0.3 is 5.32 Å². The van der Waals surface area contributed by atoms with Gasteiger partial charge in [-0.3, -0.25) is 14.5 Å². The lowest BCUT2D eigenvalue weighted by atomic mass is 10.0. The molecule has 24 heavy (non-hydrogen) atoms. The molecule has 0 aliphatic rings. The van der Waals surface area contributed by atoms with Gasteiger partial charge in [-0.1, -0.05) is 32.8 Å². The maximum Gasteiger partial charge on any atom is 0.242 e. The van der Waals surface area contributed by atoms with Crippen molar-refractivity contribution in [1.29, 1.82) is 0 Å². The van der Waals surface area contributed by atoms with E-state index in [0.717, 1.165) is 42.6 Å². The molecular formula is C19H28N4O. The second-order valence-corrected chi connectivity index (χ2v) is 6.21. The van der Waals surface area contributed by atoms with Crippen LogP contribution in [0.2, 0.25) is 0 Å². The normalized spacial score (nSPS) is 12.2. The van der Waals surface area contributed by atoms with Gasteiger partial charge in [-0.25, -0.2) is 0 Å². The largest absolute Gasteiger partial charge is 0.348 e. The third-order valence-corrected chi connectivity index (χ3v) is 4.45. The zero-order valence-corrected chi connectivity index (χ0v) is 15.2. The number of rotatable bonds is 8. The second kappa shape index (κ2) is 8.62. The van der Waals surface area contributed by atoms with E-state index in [1.54, 1.807) is 6.20 Å². The molecule has 1 atom stereocenters. The minimum Gasteiger partial charge on any atom is -0.348 e. The van der Waals surface area contributed by atoms with Gasteiger partial charge in [-0.2, -0.15) is 5.10 Å². The molecule has 5 nitrogen and oxygen atoms in total. The van der Waals surface area contributed by atoms with Crippen molar-refractivity contribution in [3.8, 4) is 0 Å². The van der Waals surface area contributed by atoms with Crippen molar-refractivity contribution in [1.82, 2.24) is 20.1 Å². The number of pyridine rings is 1. The summed E-state index contributed by atoms with van der Waals surface area (Å²) >= 11 is 0. The molecule has 130 valence electrons. The molecule has 0 bridgehead atoms. The van der Waals surface area contributed by atoms with Crippen molar-refractivity contribution in [2.24, 2.45) is 0 Å². The molecule has 1 N–H and O–H groups in total. The van der Waals surface area contributed by atoms with E-state index in [1.165, 1.54) is 5.56 Å². The lowest BCUT2D eigenvalue weighted by Gasteiger charge is -2.19. The molecular weight excluding hydrogens is 300 g/mol. The number of hydrogen-bond donors (Lipinski definition) is 1. The van der Waals surface area contributed by atoms with Crippen LogP contribution in [0.1, 0.15) is 61.7 Å². The van der Waals surface area contributed by atoms with Crippen LogP contribution in [-0.4, -0.2) is 20.7 Å². The Hall–Kier alpha value is -2.17. The first kappa shape index (κ1) is 18.2. The molecule has 2 aromatic heterocycles. The third-order valence-electron chi connectivity index (χ3n) is 4.45. The zero-order chi connectivity index (χ0) is 17.5. The maximum absolute atomic E-state index is 12.5. The number of hydrogen-bond acceptors (Lipinski definition) is 3. The average Bonchev–Trinajstić information content (AvgIpc) is 2.85. The topological polar surface area (TPSA) is 59.8 Å². The Labute approximate surface area is 144 Å². The predicted molar refractivity (Wildman–Crippen MR) is 95.7 cm³/mol. The van der Waals surface area contributed by atoms with Crippen molar-refractivity contribution in [3.05, 3.63) is 47.0 Å². The molecule has 0 aromatic carbocycles. The number of amides is 1. The molecule has 5 heteroatoms. The number of carbonyl (C=O) groups is 1. The summed E-state index contributed by atoms with van der Waals surface area (Å²) in [5.74, 6) is -0.00629. The van der Waals surface area contributed by atoms with E-state index in [9.17, 15) is 4.79 Å². The van der Waals surface area contributed by atoms with Gasteiger partial charge in [-0.05, 0) is 43.9 Å². The fraction of sp³-hybridized carbons (Fsp3) is 0.526. The monoisotopic (exact) mass is 328 g/mol. The Balaban J connectivity index is 2.08. The van der Waals surface area contributed by atoms with Crippen molar-refractivity contribution in [2.45, 2.75) is 66.0 Å². The molecule has 2 rings (SSSR count). The molecule has 2 heterocycles. The first-order valence-corrected chi connectivity index (χ1v) is 8.78. The molecule has 1 unspecified atom stereocenters. The van der Waals surface area contributed by atoms with Crippen LogP contribution in [0.4, 0.5) is 0 Å². The van der Waals surface area contributed by atoms with Crippen molar-refractivity contribution < 1.29 is 4.79 Å². The van der Waals surface area contributed by atoms with Crippen LogP contribution in [0, 0.1) is 13.8 Å². The van der Waals surface area contributed by atoms with Gasteiger partial charge in [-0.15, -0.1) is 0 Å². The molecule has 0 saturated heterocycles. The Morgan fingerprint density at radius 3 is 2.71 bits per heavy atom. The SMILES string of the molecule is CCCCC(NC(=O)Cn1nc(C)c(CC)c1C)c1cccnc1. The van der Waals surface area contributed by atoms with Crippen LogP contribution in [0.5, 0.6) is 0 Å². The van der Waals surface area contributed by atoms with E-state index >= 15 is 0 Å². The van der Waals surface area contributed by atoms with Crippen LogP contribution >= 0.6 is 0 Å². The fourth-order valence-corrected chi connectivity index (χ4v) is 3.09. The smallest absolute Gasteiger partial charge is 0.242 e. The van der Waals surface area contributed by atoms with Crippen LogP contribution in [0.15, 0.2) is 24.5 Å². The molecule has 2 aromatic rings. The van der Waals surface area contributed by atoms with Crippen LogP contribution < -0.4 is 5.32 Å². The van der Waals surface area contributed by atoms with Crippen LogP contribution in [0.25, 0.3) is 0 Å². The zero-order valence-electron chi connectivity index (χ0n) is 15.2. The summed E-state index contributed by atoms with van der Waals surface area (Å²) in [5.41, 5.74) is 4.38. The molecule has 0 fully saturated rings. The lowest BCUT2D eigenvalue weighted by molar-refractivity contribution is -0.122. The van der Waals surface area contributed by atoms with Crippen molar-refractivity contribution >= 4 is 5.91 Å². The molecule has 0 aliphatic carbocycles. The molecule has 0 spiro atoms. The third kappa shape index (κ3) is 4.43. The fourth-order valence-electron chi connectivity index (χ4n) is 3.09. The minimum absolute atomic E-state index is 0.00629. The summed E-state index contributed by atoms with van der Waals surface area (Å²) in [6, 6.07) is 3.94. The summed E-state index contributed by atoms with van der Waals surface area (Å²) in [6.07, 6.45) is 7.62. The van der Waals surface area contributed by atoms with Crippen molar-refractivity contribution in [2.75, 3.05) is 0 Å². The highest BCUT2D eigenvalue weighted by Gasteiger charge is 2.17. The van der Waals surface area contributed by atoms with Crippen LogP contribution in [0.3, 0.4) is 0 Å². The van der Waals surface area contributed by atoms with Gasteiger partial charge in [0.25, 0.3) is 0 Å². The number of unbranched alkanes of at least 4 members (excludes halogenated alkanes) is 1. The van der Waals surface area contributed by atoms with Crippen molar-refractivity contribution in [3.63, 3.8) is 0 Å². The quantitative estimate of drug-likeness (QED) is 0.807. The van der Waals surface area contributed by atoms with E-state index in [-0.39, 0.29) is 18.5 Å². The summed E-state index contributed by atoms with van der Waals surface area (Å²) in [6.45, 7) is 8.56. The summed E-state index contributed by atoms with van der Waals surface area (Å²) in [5, 5.41) is 7.66. The molecule has 0 aliphatic heterocycles. The number of nitrogens with zero attached hydrogens (tertiary/aromatic N) is 3. The first-order chi connectivity index (χ1) is 11.6. The maximum atomic E-state index is 12.5. The standard InChI is InChI=1S/C19H28N4O/c1-5-7-10-18(16-9-8-11-20-12-16)21-19(24)13-23-15(4)17(6-2)14(3)22-23/h8-9,11-12,18H,5-7,10,13H2,1-4H3,(H,21,24). The Morgan fingerprint density at radius 2 is 2.12 bits per heavy atom. The highest BCUT2D eigenvalue weighted by Crippen LogP contribution is 2.19. The molecule has 1 amide bonds.